The summed E-state index contributed by atoms with van der Waals surface area (Å²) < 4.78 is 1.81. The van der Waals surface area contributed by atoms with Gasteiger partial charge in [-0.3, -0.25) is 4.79 Å². The smallest absolute Gasteiger partial charge is 0.345 e. The normalized spacial score (nSPS) is 17.2. The Bertz CT molecular complexity index is 679. The lowest BCUT2D eigenvalue weighted by molar-refractivity contribution is -0.121. The van der Waals surface area contributed by atoms with Gasteiger partial charge >= 0.3 is 5.97 Å². The van der Waals surface area contributed by atoms with E-state index >= 15 is 0 Å². The van der Waals surface area contributed by atoms with Gasteiger partial charge in [0.15, 0.2) is 0 Å². The first-order valence-corrected chi connectivity index (χ1v) is 7.49. The van der Waals surface area contributed by atoms with Crippen LogP contribution in [0.4, 0.5) is 0 Å². The summed E-state index contributed by atoms with van der Waals surface area (Å²) in [5.74, 6) is -0.315. The molecule has 7 nitrogen and oxygen atoms in total. The van der Waals surface area contributed by atoms with E-state index in [-0.39, 0.29) is 23.2 Å². The highest BCUT2D eigenvalue weighted by molar-refractivity contribution is 7.12. The third-order valence-electron chi connectivity index (χ3n) is 3.38. The second kappa shape index (κ2) is 5.65. The Hall–Kier alpha value is -2.22. The standard InChI is InChI=1S/C13H14N4O3S/c18-11(5-8-4-10(13(19)20)21-6-8)16-9-2-1-3-17-12(9)14-7-15-17/h4,6-7,9H,1-3,5H2,(H,16,18)(H,19,20). The number of carbonyl (C=O) groups is 2. The molecular formula is C13H14N4O3S. The number of rotatable bonds is 4. The fourth-order valence-corrected chi connectivity index (χ4v) is 3.19. The molecule has 8 heteroatoms. The van der Waals surface area contributed by atoms with Gasteiger partial charge < -0.3 is 10.4 Å². The Morgan fingerprint density at radius 3 is 3.14 bits per heavy atom. The van der Waals surface area contributed by atoms with Crippen LogP contribution in [0.2, 0.25) is 0 Å². The van der Waals surface area contributed by atoms with Gasteiger partial charge in [-0.15, -0.1) is 11.3 Å². The van der Waals surface area contributed by atoms with Crippen LogP contribution < -0.4 is 5.32 Å². The lowest BCUT2D eigenvalue weighted by Gasteiger charge is -2.23. The van der Waals surface area contributed by atoms with Gasteiger partial charge in [-0.25, -0.2) is 14.5 Å². The number of hydrogen-bond acceptors (Lipinski definition) is 5. The molecule has 110 valence electrons. The Balaban J connectivity index is 1.63. The number of thiophene rings is 1. The number of aryl methyl sites for hydroxylation is 1. The van der Waals surface area contributed by atoms with E-state index < -0.39 is 5.97 Å². The van der Waals surface area contributed by atoms with Crippen LogP contribution in [0.3, 0.4) is 0 Å². The Morgan fingerprint density at radius 1 is 1.52 bits per heavy atom. The molecule has 0 bridgehead atoms. The molecule has 1 amide bonds. The van der Waals surface area contributed by atoms with E-state index in [1.165, 1.54) is 12.4 Å². The molecule has 2 aromatic heterocycles. The summed E-state index contributed by atoms with van der Waals surface area (Å²) in [6, 6.07) is 1.42. The van der Waals surface area contributed by atoms with Gasteiger partial charge in [-0.05, 0) is 29.9 Å². The van der Waals surface area contributed by atoms with E-state index in [1.54, 1.807) is 5.38 Å². The number of nitrogens with one attached hydrogen (secondary N) is 1. The van der Waals surface area contributed by atoms with Crippen molar-refractivity contribution in [2.45, 2.75) is 31.8 Å². The van der Waals surface area contributed by atoms with Crippen molar-refractivity contribution < 1.29 is 14.7 Å². The van der Waals surface area contributed by atoms with Crippen LogP contribution in [0.25, 0.3) is 0 Å². The van der Waals surface area contributed by atoms with Crippen molar-refractivity contribution in [3.8, 4) is 0 Å². The number of hydrogen-bond donors (Lipinski definition) is 2. The summed E-state index contributed by atoms with van der Waals surface area (Å²) in [5, 5.41) is 17.6. The molecule has 0 radical (unpaired) electrons. The Labute approximate surface area is 124 Å². The Kier molecular flexibility index (Phi) is 3.70. The summed E-state index contributed by atoms with van der Waals surface area (Å²) in [6.07, 6.45) is 3.46. The van der Waals surface area contributed by atoms with Crippen LogP contribution in [0.1, 0.15) is 39.9 Å². The van der Waals surface area contributed by atoms with Gasteiger partial charge in [-0.2, -0.15) is 5.10 Å². The molecule has 21 heavy (non-hydrogen) atoms. The van der Waals surface area contributed by atoms with Crippen LogP contribution in [-0.2, 0) is 17.8 Å². The number of fused-ring (bicyclic) bond motifs is 1. The average Bonchev–Trinajstić information content (AvgIpc) is 3.07. The molecule has 0 aliphatic carbocycles. The van der Waals surface area contributed by atoms with Gasteiger partial charge in [0.1, 0.15) is 17.0 Å². The highest BCUT2D eigenvalue weighted by atomic mass is 32.1. The first-order valence-electron chi connectivity index (χ1n) is 6.61. The molecule has 1 unspecified atom stereocenters. The number of amides is 1. The van der Waals surface area contributed by atoms with Crippen molar-refractivity contribution >= 4 is 23.2 Å². The maximum Gasteiger partial charge on any atom is 0.345 e. The van der Waals surface area contributed by atoms with Crippen molar-refractivity contribution in [1.82, 2.24) is 20.1 Å². The van der Waals surface area contributed by atoms with E-state index in [1.807, 2.05) is 4.68 Å². The highest BCUT2D eigenvalue weighted by Crippen LogP contribution is 2.22. The SMILES string of the molecule is O=C(Cc1csc(C(=O)O)c1)NC1CCCn2ncnc21. The fourth-order valence-electron chi connectivity index (χ4n) is 2.44. The van der Waals surface area contributed by atoms with Gasteiger partial charge in [-0.1, -0.05) is 0 Å². The monoisotopic (exact) mass is 306 g/mol. The van der Waals surface area contributed by atoms with Gasteiger partial charge in [0, 0.05) is 6.54 Å². The van der Waals surface area contributed by atoms with Crippen molar-refractivity contribution in [1.29, 1.82) is 0 Å². The van der Waals surface area contributed by atoms with E-state index in [2.05, 4.69) is 15.4 Å². The van der Waals surface area contributed by atoms with E-state index in [0.29, 0.717) is 5.56 Å². The van der Waals surface area contributed by atoms with Crippen LogP contribution in [0.15, 0.2) is 17.8 Å². The Morgan fingerprint density at radius 2 is 2.38 bits per heavy atom. The second-order valence-electron chi connectivity index (χ2n) is 4.90. The van der Waals surface area contributed by atoms with Crippen LogP contribution in [-0.4, -0.2) is 31.7 Å². The molecule has 1 aliphatic heterocycles. The molecule has 3 rings (SSSR count). The minimum absolute atomic E-state index is 0.119. The largest absolute Gasteiger partial charge is 0.477 e. The van der Waals surface area contributed by atoms with Crippen LogP contribution in [0, 0.1) is 0 Å². The van der Waals surface area contributed by atoms with Crippen LogP contribution >= 0.6 is 11.3 Å². The number of aromatic nitrogens is 3. The maximum absolute atomic E-state index is 12.1. The molecule has 0 spiro atoms. The average molecular weight is 306 g/mol. The van der Waals surface area contributed by atoms with Crippen molar-refractivity contribution in [2.75, 3.05) is 0 Å². The molecule has 2 aromatic rings. The minimum atomic E-state index is -0.966. The molecule has 2 N–H and O–H groups in total. The van der Waals surface area contributed by atoms with E-state index in [0.717, 1.165) is 36.5 Å². The second-order valence-corrected chi connectivity index (χ2v) is 5.82. The topological polar surface area (TPSA) is 97.1 Å². The number of aromatic carboxylic acids is 1. The van der Waals surface area contributed by atoms with Crippen LogP contribution in [0.5, 0.6) is 0 Å². The quantitative estimate of drug-likeness (QED) is 0.885. The first-order chi connectivity index (χ1) is 10.1. The van der Waals surface area contributed by atoms with Gasteiger partial charge in [0.05, 0.1) is 12.5 Å². The number of carboxylic acids is 1. The summed E-state index contributed by atoms with van der Waals surface area (Å²) >= 11 is 1.13. The summed E-state index contributed by atoms with van der Waals surface area (Å²) in [5.41, 5.74) is 0.715. The molecular weight excluding hydrogens is 292 g/mol. The highest BCUT2D eigenvalue weighted by Gasteiger charge is 2.24. The molecule has 3 heterocycles. The zero-order valence-electron chi connectivity index (χ0n) is 11.2. The number of carbonyl (C=O) groups excluding carboxylic acids is 1. The third kappa shape index (κ3) is 2.94. The summed E-state index contributed by atoms with van der Waals surface area (Å²) in [6.45, 7) is 0.828. The predicted octanol–water partition coefficient (Wildman–Crippen LogP) is 1.23. The van der Waals surface area contributed by atoms with Crippen molar-refractivity contribution in [2.24, 2.45) is 0 Å². The molecule has 0 aromatic carbocycles. The zero-order valence-corrected chi connectivity index (χ0v) is 12.0. The fraction of sp³-hybridized carbons (Fsp3) is 0.385. The zero-order chi connectivity index (χ0) is 14.8. The molecule has 1 aliphatic rings. The predicted molar refractivity (Wildman–Crippen MR) is 75.1 cm³/mol. The minimum Gasteiger partial charge on any atom is -0.477 e. The van der Waals surface area contributed by atoms with Crippen molar-refractivity contribution in [3.05, 3.63) is 34.0 Å². The van der Waals surface area contributed by atoms with Crippen molar-refractivity contribution in [3.63, 3.8) is 0 Å². The maximum atomic E-state index is 12.1. The number of nitrogens with zero attached hydrogens (tertiary/aromatic N) is 3. The van der Waals surface area contributed by atoms with E-state index in [9.17, 15) is 9.59 Å². The van der Waals surface area contributed by atoms with E-state index in [4.69, 9.17) is 5.11 Å². The summed E-state index contributed by atoms with van der Waals surface area (Å²) in [7, 11) is 0. The molecule has 0 saturated carbocycles. The molecule has 0 fully saturated rings. The molecule has 0 saturated heterocycles. The molecule has 1 atom stereocenters. The van der Waals surface area contributed by atoms with Gasteiger partial charge in [0.25, 0.3) is 0 Å². The lowest BCUT2D eigenvalue weighted by Crippen LogP contribution is -2.34. The number of carboxylic acid groups (broad SMARTS) is 1. The first kappa shape index (κ1) is 13.7. The lowest BCUT2D eigenvalue weighted by atomic mass is 10.1. The summed E-state index contributed by atoms with van der Waals surface area (Å²) in [4.78, 5) is 27.3. The van der Waals surface area contributed by atoms with Gasteiger partial charge in [0.2, 0.25) is 5.91 Å². The third-order valence-corrected chi connectivity index (χ3v) is 4.35.